The minimum Gasteiger partial charge on any atom is -0.344 e. The topological polar surface area (TPSA) is 55.9 Å². The number of likely N-dealkylation sites (tertiary alicyclic amines) is 1. The van der Waals surface area contributed by atoms with Gasteiger partial charge in [0.1, 0.15) is 0 Å². The van der Waals surface area contributed by atoms with E-state index in [4.69, 9.17) is 0 Å². The Morgan fingerprint density at radius 2 is 1.73 bits per heavy atom. The normalized spacial score (nSPS) is 26.9. The summed E-state index contributed by atoms with van der Waals surface area (Å²) in [6, 6.07) is 0.883. The van der Waals surface area contributed by atoms with E-state index < -0.39 is 0 Å². The molecule has 0 aromatic rings. The number of hydrogen-bond donors (Lipinski definition) is 1. The minimum atomic E-state index is -0.160. The van der Waals surface area contributed by atoms with Gasteiger partial charge in [-0.1, -0.05) is 6.42 Å². The van der Waals surface area contributed by atoms with Gasteiger partial charge in [-0.2, -0.15) is 0 Å². The quantitative estimate of drug-likeness (QED) is 0.802. The van der Waals surface area contributed by atoms with Gasteiger partial charge >= 0.3 is 0 Å². The number of nitrogens with zero attached hydrogens (tertiary/aromatic N) is 3. The summed E-state index contributed by atoms with van der Waals surface area (Å²) in [5, 5.41) is 3.80. The molecule has 2 heterocycles. The fraction of sp³-hybridized carbons (Fsp3) is 0.900. The SMILES string of the molecule is CCN(CC)C(=O)[C@@H]1CCC[C@@H](NC2CCN(C)CC2)CN(C)C(=O)C1. The summed E-state index contributed by atoms with van der Waals surface area (Å²) in [6.07, 6.45) is 5.56. The summed E-state index contributed by atoms with van der Waals surface area (Å²) in [6.45, 7) is 8.47. The predicted molar refractivity (Wildman–Crippen MR) is 105 cm³/mol. The third kappa shape index (κ3) is 5.95. The fourth-order valence-corrected chi connectivity index (χ4v) is 4.25. The first-order valence-electron chi connectivity index (χ1n) is 10.4. The number of likely N-dealkylation sites (N-methyl/N-ethyl adjacent to an activating group) is 1. The molecule has 26 heavy (non-hydrogen) atoms. The lowest BCUT2D eigenvalue weighted by Crippen LogP contribution is -2.49. The van der Waals surface area contributed by atoms with Gasteiger partial charge in [-0.25, -0.2) is 0 Å². The standard InChI is InChI=1S/C20H38N4O2/c1-5-24(6-2)20(26)16-8-7-9-18(15-23(4)19(25)14-16)21-17-10-12-22(3)13-11-17/h16-18,21H,5-15H2,1-4H3/t16-,18-/m1/s1. The molecule has 2 fully saturated rings. The van der Waals surface area contributed by atoms with Crippen LogP contribution in [0.3, 0.4) is 0 Å². The molecule has 2 aliphatic heterocycles. The lowest BCUT2D eigenvalue weighted by Gasteiger charge is -2.34. The zero-order chi connectivity index (χ0) is 19.1. The smallest absolute Gasteiger partial charge is 0.226 e. The van der Waals surface area contributed by atoms with Crippen LogP contribution in [0.4, 0.5) is 0 Å². The van der Waals surface area contributed by atoms with Crippen molar-refractivity contribution in [1.29, 1.82) is 0 Å². The molecule has 0 radical (unpaired) electrons. The van der Waals surface area contributed by atoms with Crippen LogP contribution < -0.4 is 5.32 Å². The molecular formula is C20H38N4O2. The van der Waals surface area contributed by atoms with Gasteiger partial charge in [0.25, 0.3) is 0 Å². The summed E-state index contributed by atoms with van der Waals surface area (Å²) >= 11 is 0. The number of rotatable bonds is 5. The Labute approximate surface area is 159 Å². The van der Waals surface area contributed by atoms with Crippen LogP contribution in [0.25, 0.3) is 0 Å². The van der Waals surface area contributed by atoms with Gasteiger partial charge in [0, 0.05) is 51.1 Å². The van der Waals surface area contributed by atoms with Gasteiger partial charge in [-0.15, -0.1) is 0 Å². The van der Waals surface area contributed by atoms with E-state index in [9.17, 15) is 9.59 Å². The summed E-state index contributed by atoms with van der Waals surface area (Å²) in [5.41, 5.74) is 0. The number of carbonyl (C=O) groups is 2. The van der Waals surface area contributed by atoms with Crippen molar-refractivity contribution in [3.63, 3.8) is 0 Å². The third-order valence-electron chi connectivity index (χ3n) is 6.06. The van der Waals surface area contributed by atoms with Crippen LogP contribution in [-0.4, -0.2) is 85.4 Å². The van der Waals surface area contributed by atoms with Crippen LogP contribution in [0.5, 0.6) is 0 Å². The fourth-order valence-electron chi connectivity index (χ4n) is 4.25. The molecule has 0 aliphatic carbocycles. The zero-order valence-electron chi connectivity index (χ0n) is 17.2. The highest BCUT2D eigenvalue weighted by Gasteiger charge is 2.30. The molecule has 0 unspecified atom stereocenters. The van der Waals surface area contributed by atoms with E-state index in [1.54, 1.807) is 0 Å². The zero-order valence-corrected chi connectivity index (χ0v) is 17.2. The Kier molecular flexibility index (Phi) is 8.35. The maximum Gasteiger partial charge on any atom is 0.226 e. The maximum atomic E-state index is 12.8. The molecule has 1 N–H and O–H groups in total. The maximum absolute atomic E-state index is 12.8. The molecule has 0 saturated carbocycles. The van der Waals surface area contributed by atoms with Crippen molar-refractivity contribution in [3.05, 3.63) is 0 Å². The van der Waals surface area contributed by atoms with E-state index in [0.29, 0.717) is 18.5 Å². The minimum absolute atomic E-state index is 0.104. The van der Waals surface area contributed by atoms with Crippen molar-refractivity contribution in [2.24, 2.45) is 5.92 Å². The summed E-state index contributed by atoms with van der Waals surface area (Å²) in [5.74, 6) is 0.0954. The van der Waals surface area contributed by atoms with E-state index in [1.807, 2.05) is 30.7 Å². The lowest BCUT2D eigenvalue weighted by atomic mass is 9.95. The van der Waals surface area contributed by atoms with Crippen molar-refractivity contribution in [2.45, 2.75) is 64.5 Å². The number of nitrogens with one attached hydrogen (secondary N) is 1. The monoisotopic (exact) mass is 366 g/mol. The average molecular weight is 367 g/mol. The van der Waals surface area contributed by atoms with Gasteiger partial charge in [-0.3, -0.25) is 9.59 Å². The van der Waals surface area contributed by atoms with Gasteiger partial charge in [0.2, 0.25) is 11.8 Å². The molecular weight excluding hydrogens is 328 g/mol. The van der Waals surface area contributed by atoms with Crippen LogP contribution >= 0.6 is 0 Å². The second-order valence-corrected chi connectivity index (χ2v) is 8.06. The second-order valence-electron chi connectivity index (χ2n) is 8.06. The van der Waals surface area contributed by atoms with Gasteiger partial charge in [0.05, 0.1) is 0 Å². The van der Waals surface area contributed by atoms with E-state index in [2.05, 4.69) is 17.3 Å². The first kappa shape index (κ1) is 21.2. The first-order chi connectivity index (χ1) is 12.4. The highest BCUT2D eigenvalue weighted by atomic mass is 16.2. The Morgan fingerprint density at radius 3 is 2.35 bits per heavy atom. The van der Waals surface area contributed by atoms with Crippen LogP contribution in [0.15, 0.2) is 0 Å². The molecule has 0 spiro atoms. The molecule has 2 saturated heterocycles. The van der Waals surface area contributed by atoms with Gasteiger partial charge < -0.3 is 20.0 Å². The Bertz CT molecular complexity index is 459. The number of hydrogen-bond acceptors (Lipinski definition) is 4. The first-order valence-corrected chi connectivity index (χ1v) is 10.4. The second kappa shape index (κ2) is 10.3. The number of piperidine rings is 1. The molecule has 0 bridgehead atoms. The van der Waals surface area contributed by atoms with Crippen LogP contribution in [-0.2, 0) is 9.59 Å². The van der Waals surface area contributed by atoms with Crippen molar-refractivity contribution in [3.8, 4) is 0 Å². The van der Waals surface area contributed by atoms with E-state index in [1.165, 1.54) is 12.8 Å². The molecule has 0 aromatic heterocycles. The van der Waals surface area contributed by atoms with Crippen molar-refractivity contribution >= 4 is 11.8 Å². The Hall–Kier alpha value is -1.14. The highest BCUT2D eigenvalue weighted by Crippen LogP contribution is 2.21. The Balaban J connectivity index is 1.96. The molecule has 2 rings (SSSR count). The van der Waals surface area contributed by atoms with Gasteiger partial charge in [-0.05, 0) is 59.7 Å². The number of carbonyl (C=O) groups excluding carboxylic acids is 2. The van der Waals surface area contributed by atoms with E-state index >= 15 is 0 Å². The third-order valence-corrected chi connectivity index (χ3v) is 6.06. The van der Waals surface area contributed by atoms with Gasteiger partial charge in [0.15, 0.2) is 0 Å². The number of amides is 2. The Morgan fingerprint density at radius 1 is 1.08 bits per heavy atom. The predicted octanol–water partition coefficient (Wildman–Crippen LogP) is 1.56. The molecule has 2 amide bonds. The molecule has 6 nitrogen and oxygen atoms in total. The molecule has 2 atom stereocenters. The molecule has 150 valence electrons. The molecule has 0 aromatic carbocycles. The summed E-state index contributed by atoms with van der Waals surface area (Å²) < 4.78 is 0. The molecule has 6 heteroatoms. The van der Waals surface area contributed by atoms with Crippen LogP contribution in [0.1, 0.15) is 52.4 Å². The summed E-state index contributed by atoms with van der Waals surface area (Å²) in [7, 11) is 4.06. The van der Waals surface area contributed by atoms with E-state index in [0.717, 1.165) is 52.0 Å². The van der Waals surface area contributed by atoms with E-state index in [-0.39, 0.29) is 17.7 Å². The largest absolute Gasteiger partial charge is 0.344 e. The molecule has 2 aliphatic rings. The highest BCUT2D eigenvalue weighted by molar-refractivity contribution is 5.85. The van der Waals surface area contributed by atoms with Crippen molar-refractivity contribution < 1.29 is 9.59 Å². The van der Waals surface area contributed by atoms with Crippen molar-refractivity contribution in [1.82, 2.24) is 20.0 Å². The van der Waals surface area contributed by atoms with Crippen LogP contribution in [0.2, 0.25) is 0 Å². The van der Waals surface area contributed by atoms with Crippen LogP contribution in [0, 0.1) is 5.92 Å². The van der Waals surface area contributed by atoms with Crippen molar-refractivity contribution in [2.75, 3.05) is 46.8 Å². The summed E-state index contributed by atoms with van der Waals surface area (Å²) in [4.78, 5) is 31.5. The lowest BCUT2D eigenvalue weighted by molar-refractivity contribution is -0.140. The average Bonchev–Trinajstić information content (AvgIpc) is 2.69.